The summed E-state index contributed by atoms with van der Waals surface area (Å²) in [5.41, 5.74) is 0. The third-order valence-electron chi connectivity index (χ3n) is 0.508. The molecule has 0 N–H and O–H groups in total. The highest BCUT2D eigenvalue weighted by Crippen LogP contribution is 2.22. The Hall–Kier alpha value is 0.350. The molecule has 0 aliphatic carbocycles. The molecule has 0 spiro atoms. The topological polar surface area (TPSA) is 15.5 Å². The lowest BCUT2D eigenvalue weighted by Gasteiger charge is -1.76. The molecule has 0 aromatic carbocycles. The van der Waals surface area contributed by atoms with Crippen LogP contribution in [0.3, 0.4) is 0 Å². The molecule has 0 bridgehead atoms. The van der Waals surface area contributed by atoms with E-state index in [1.54, 1.807) is 0 Å². The number of hydrogen-bond donors (Lipinski definition) is 0. The Labute approximate surface area is 32.9 Å². The second kappa shape index (κ2) is 1.21. The summed E-state index contributed by atoms with van der Waals surface area (Å²) < 4.78 is 0. The molecule has 1 aliphatic heterocycles. The average molecular weight is 91.0 g/mol. The van der Waals surface area contributed by atoms with E-state index in [-0.39, 0.29) is 0 Å². The van der Waals surface area contributed by atoms with E-state index in [1.165, 1.54) is 0 Å². The predicted octanol–water partition coefficient (Wildman–Crippen LogP) is 0.414. The lowest BCUT2D eigenvalue weighted by molar-refractivity contribution is 0.311. The molecule has 1 saturated heterocycles. The van der Waals surface area contributed by atoms with Gasteiger partial charge in [0, 0.05) is 0 Å². The lowest BCUT2D eigenvalue weighted by Crippen LogP contribution is -1.66. The molecular formula is C2H6NOP. The Morgan fingerprint density at radius 3 is 2.60 bits per heavy atom. The van der Waals surface area contributed by atoms with Crippen molar-refractivity contribution in [1.29, 1.82) is 0 Å². The Morgan fingerprint density at radius 1 is 2.00 bits per heavy atom. The molecule has 3 heteroatoms. The molecule has 0 saturated carbocycles. The average Bonchev–Trinajstić information content (AvgIpc) is 2.12. The summed E-state index contributed by atoms with van der Waals surface area (Å²) in [5, 5.41) is 0. The third-order valence-corrected chi connectivity index (χ3v) is 1.26. The van der Waals surface area contributed by atoms with E-state index in [4.69, 9.17) is 4.84 Å². The minimum Gasteiger partial charge on any atom is -0.275 e. The van der Waals surface area contributed by atoms with E-state index in [1.807, 2.05) is 4.83 Å². The van der Waals surface area contributed by atoms with Crippen molar-refractivity contribution in [3.63, 3.8) is 0 Å². The van der Waals surface area contributed by atoms with Crippen molar-refractivity contribution in [1.82, 2.24) is 4.83 Å². The normalized spacial score (nSPS) is 36.6. The van der Waals surface area contributed by atoms with Crippen LogP contribution in [0.2, 0.25) is 0 Å². The summed E-state index contributed by atoms with van der Waals surface area (Å²) in [5.74, 6) is 0. The SMILES string of the molecule is CPN1CO1. The van der Waals surface area contributed by atoms with Gasteiger partial charge in [-0.3, -0.25) is 4.84 Å². The standard InChI is InChI=1S/C2H6NOP/c1-5-3-2-4-3/h5H,2H2,1H3. The number of hydrogen-bond acceptors (Lipinski definition) is 2. The summed E-state index contributed by atoms with van der Waals surface area (Å²) in [7, 11) is 0.836. The van der Waals surface area contributed by atoms with Crippen molar-refractivity contribution >= 4 is 8.73 Å². The van der Waals surface area contributed by atoms with E-state index in [0.717, 1.165) is 15.5 Å². The van der Waals surface area contributed by atoms with E-state index in [0.29, 0.717) is 0 Å². The Kier molecular flexibility index (Phi) is 0.856. The Morgan fingerprint density at radius 2 is 2.60 bits per heavy atom. The zero-order chi connectivity index (χ0) is 3.70. The first kappa shape index (κ1) is 3.54. The fraction of sp³-hybridized carbons (Fsp3) is 1.00. The van der Waals surface area contributed by atoms with Gasteiger partial charge in [0.25, 0.3) is 0 Å². The van der Waals surface area contributed by atoms with Crippen molar-refractivity contribution in [3.05, 3.63) is 0 Å². The molecule has 1 rings (SSSR count). The maximum atomic E-state index is 4.70. The summed E-state index contributed by atoms with van der Waals surface area (Å²) in [6.45, 7) is 2.95. The van der Waals surface area contributed by atoms with Crippen molar-refractivity contribution in [2.24, 2.45) is 0 Å². The van der Waals surface area contributed by atoms with Crippen LogP contribution in [0.5, 0.6) is 0 Å². The number of rotatable bonds is 1. The van der Waals surface area contributed by atoms with E-state index >= 15 is 0 Å². The molecule has 0 amide bonds. The molecule has 0 radical (unpaired) electrons. The summed E-state index contributed by atoms with van der Waals surface area (Å²) in [4.78, 5) is 6.61. The van der Waals surface area contributed by atoms with E-state index in [9.17, 15) is 0 Å². The number of hydroxylamine groups is 1. The fourth-order valence-corrected chi connectivity index (χ4v) is 0.474. The van der Waals surface area contributed by atoms with Gasteiger partial charge < -0.3 is 0 Å². The molecule has 2 nitrogen and oxygen atoms in total. The van der Waals surface area contributed by atoms with Crippen LogP contribution in [0.4, 0.5) is 0 Å². The quantitative estimate of drug-likeness (QED) is 0.343. The molecule has 30 valence electrons. The Bertz CT molecular complexity index is 36.6. The van der Waals surface area contributed by atoms with Crippen molar-refractivity contribution in [2.75, 3.05) is 13.4 Å². The van der Waals surface area contributed by atoms with Gasteiger partial charge in [-0.05, 0) is 15.4 Å². The van der Waals surface area contributed by atoms with Crippen molar-refractivity contribution < 1.29 is 4.84 Å². The first-order valence-electron chi connectivity index (χ1n) is 1.51. The highest BCUT2D eigenvalue weighted by molar-refractivity contribution is 7.34. The summed E-state index contributed by atoms with van der Waals surface area (Å²) >= 11 is 0. The maximum absolute atomic E-state index is 4.70. The van der Waals surface area contributed by atoms with Crippen LogP contribution in [0.15, 0.2) is 0 Å². The largest absolute Gasteiger partial charge is 0.275 e. The Balaban J connectivity index is 2.00. The van der Waals surface area contributed by atoms with Crippen LogP contribution in [0.25, 0.3) is 0 Å². The van der Waals surface area contributed by atoms with Gasteiger partial charge in [0.1, 0.15) is 6.73 Å². The number of nitrogens with zero attached hydrogens (tertiary/aromatic N) is 1. The smallest absolute Gasteiger partial charge is 0.148 e. The van der Waals surface area contributed by atoms with Gasteiger partial charge in [-0.25, -0.2) is 0 Å². The fourth-order valence-electron chi connectivity index (χ4n) is 0.158. The first-order valence-corrected chi connectivity index (χ1v) is 2.96. The van der Waals surface area contributed by atoms with Gasteiger partial charge >= 0.3 is 0 Å². The monoisotopic (exact) mass is 91.0 g/mol. The van der Waals surface area contributed by atoms with Crippen LogP contribution >= 0.6 is 8.73 Å². The van der Waals surface area contributed by atoms with Gasteiger partial charge in [0.05, 0.1) is 0 Å². The lowest BCUT2D eigenvalue weighted by atomic mass is 11.5. The molecule has 0 aromatic heterocycles. The molecule has 5 heavy (non-hydrogen) atoms. The maximum Gasteiger partial charge on any atom is 0.148 e. The highest BCUT2D eigenvalue weighted by Gasteiger charge is 2.14. The third kappa shape index (κ3) is 0.839. The zero-order valence-corrected chi connectivity index (χ0v) is 4.06. The molecule has 2 unspecified atom stereocenters. The van der Waals surface area contributed by atoms with Gasteiger partial charge in [0.2, 0.25) is 0 Å². The van der Waals surface area contributed by atoms with Crippen LogP contribution in [0, 0.1) is 0 Å². The highest BCUT2D eigenvalue weighted by atomic mass is 31.1. The van der Waals surface area contributed by atoms with Crippen LogP contribution in [-0.4, -0.2) is 18.2 Å². The summed E-state index contributed by atoms with van der Waals surface area (Å²) in [6, 6.07) is 0. The van der Waals surface area contributed by atoms with Gasteiger partial charge in [-0.15, -0.1) is 4.83 Å². The second-order valence-corrected chi connectivity index (χ2v) is 1.81. The molecule has 2 atom stereocenters. The van der Waals surface area contributed by atoms with Crippen LogP contribution in [-0.2, 0) is 4.84 Å². The van der Waals surface area contributed by atoms with Gasteiger partial charge in [-0.2, -0.15) is 0 Å². The molecule has 1 heterocycles. The van der Waals surface area contributed by atoms with E-state index in [2.05, 4.69) is 6.66 Å². The van der Waals surface area contributed by atoms with Gasteiger partial charge in [-0.1, -0.05) is 0 Å². The molecule has 1 fully saturated rings. The molecule has 0 aromatic rings. The van der Waals surface area contributed by atoms with Crippen molar-refractivity contribution in [3.8, 4) is 0 Å². The minimum atomic E-state index is 0.836. The minimum absolute atomic E-state index is 0.836. The van der Waals surface area contributed by atoms with E-state index < -0.39 is 0 Å². The molecule has 1 aliphatic rings. The second-order valence-electron chi connectivity index (χ2n) is 0.860. The zero-order valence-electron chi connectivity index (χ0n) is 3.06. The first-order chi connectivity index (χ1) is 2.43. The predicted molar refractivity (Wildman–Crippen MR) is 22.0 cm³/mol. The van der Waals surface area contributed by atoms with Crippen LogP contribution in [0.1, 0.15) is 0 Å². The van der Waals surface area contributed by atoms with Gasteiger partial charge in [0.15, 0.2) is 0 Å². The molecular weight excluding hydrogens is 85.0 g/mol. The van der Waals surface area contributed by atoms with Crippen molar-refractivity contribution in [2.45, 2.75) is 0 Å². The van der Waals surface area contributed by atoms with Crippen LogP contribution < -0.4 is 0 Å². The summed E-state index contributed by atoms with van der Waals surface area (Å²) in [6.07, 6.45) is 0.